The molecule has 0 heterocycles. The second-order valence-corrected chi connectivity index (χ2v) is 9.75. The van der Waals surface area contributed by atoms with Crippen LogP contribution in [-0.4, -0.2) is 11.1 Å². The summed E-state index contributed by atoms with van der Waals surface area (Å²) in [5.41, 5.74) is -0.349. The summed E-state index contributed by atoms with van der Waals surface area (Å²) < 4.78 is 56.7. The van der Waals surface area contributed by atoms with Crippen molar-refractivity contribution < 1.29 is 27.5 Å². The molecule has 1 N–H and O–H groups in total. The van der Waals surface area contributed by atoms with Crippen molar-refractivity contribution in [3.05, 3.63) is 58.7 Å². The minimum atomic E-state index is -1.63. The number of carboxylic acids is 1. The first kappa shape index (κ1) is 23.8. The number of hydrogen-bond donors (Lipinski definition) is 1. The molecule has 4 rings (SSSR count). The van der Waals surface area contributed by atoms with Gasteiger partial charge < -0.3 is 5.11 Å². The van der Waals surface area contributed by atoms with E-state index >= 15 is 4.39 Å². The van der Waals surface area contributed by atoms with Crippen LogP contribution >= 0.6 is 0 Å². The van der Waals surface area contributed by atoms with Crippen LogP contribution in [0.4, 0.5) is 17.6 Å². The minimum Gasteiger partial charge on any atom is -0.478 e. The van der Waals surface area contributed by atoms with Gasteiger partial charge in [0.2, 0.25) is 0 Å². The SMILES string of the molecule is CCC1CCC(C2CCC(c3ccc(C(=O)O)c(F)c3-c3cc(F)c(F)c(F)c3)CC2)CC1. The number of rotatable bonds is 5. The van der Waals surface area contributed by atoms with Crippen molar-refractivity contribution in [2.45, 2.75) is 70.6 Å². The molecular formula is C27H30F4O2. The summed E-state index contributed by atoms with van der Waals surface area (Å²) in [6, 6.07) is 4.25. The Morgan fingerprint density at radius 1 is 0.848 bits per heavy atom. The third kappa shape index (κ3) is 4.80. The molecule has 2 aromatic carbocycles. The van der Waals surface area contributed by atoms with Crippen molar-refractivity contribution >= 4 is 5.97 Å². The van der Waals surface area contributed by atoms with Gasteiger partial charge in [-0.15, -0.1) is 0 Å². The fraction of sp³-hybridized carbons (Fsp3) is 0.519. The van der Waals surface area contributed by atoms with Crippen molar-refractivity contribution in [2.75, 3.05) is 0 Å². The fourth-order valence-corrected chi connectivity index (χ4v) is 6.06. The van der Waals surface area contributed by atoms with E-state index in [1.807, 2.05) is 0 Å². The zero-order valence-corrected chi connectivity index (χ0v) is 18.9. The minimum absolute atomic E-state index is 0.0447. The molecule has 0 atom stereocenters. The average Bonchev–Trinajstić information content (AvgIpc) is 2.82. The predicted molar refractivity (Wildman–Crippen MR) is 119 cm³/mol. The van der Waals surface area contributed by atoms with Gasteiger partial charge in [-0.1, -0.05) is 32.3 Å². The molecule has 6 heteroatoms. The van der Waals surface area contributed by atoms with E-state index in [-0.39, 0.29) is 17.0 Å². The normalized spacial score (nSPS) is 25.7. The van der Waals surface area contributed by atoms with Gasteiger partial charge in [-0.25, -0.2) is 22.4 Å². The molecule has 178 valence electrons. The third-order valence-electron chi connectivity index (χ3n) is 8.02. The summed E-state index contributed by atoms with van der Waals surface area (Å²) in [5, 5.41) is 9.36. The van der Waals surface area contributed by atoms with Gasteiger partial charge in [-0.2, -0.15) is 0 Å². The Morgan fingerprint density at radius 3 is 1.91 bits per heavy atom. The molecule has 2 aliphatic carbocycles. The lowest BCUT2D eigenvalue weighted by molar-refractivity contribution is 0.0692. The summed E-state index contributed by atoms with van der Waals surface area (Å²) in [7, 11) is 0. The predicted octanol–water partition coefficient (Wildman–Crippen LogP) is 8.10. The smallest absolute Gasteiger partial charge is 0.338 e. The molecule has 0 unspecified atom stereocenters. The second-order valence-electron chi connectivity index (χ2n) is 9.75. The van der Waals surface area contributed by atoms with Crippen molar-refractivity contribution in [3.63, 3.8) is 0 Å². The zero-order chi connectivity index (χ0) is 23.7. The quantitative estimate of drug-likeness (QED) is 0.360. The number of aromatic carboxylic acids is 1. The Labute approximate surface area is 192 Å². The molecule has 0 amide bonds. The number of halogens is 4. The topological polar surface area (TPSA) is 37.3 Å². The lowest BCUT2D eigenvalue weighted by atomic mass is 9.67. The summed E-state index contributed by atoms with van der Waals surface area (Å²) in [6.07, 6.45) is 9.95. The van der Waals surface area contributed by atoms with Crippen LogP contribution in [0.5, 0.6) is 0 Å². The number of hydrogen-bond acceptors (Lipinski definition) is 1. The third-order valence-corrected chi connectivity index (χ3v) is 8.02. The van der Waals surface area contributed by atoms with Crippen molar-refractivity contribution in [3.8, 4) is 11.1 Å². The highest BCUT2D eigenvalue weighted by molar-refractivity contribution is 5.90. The van der Waals surface area contributed by atoms with Crippen LogP contribution in [-0.2, 0) is 0 Å². The first-order valence-electron chi connectivity index (χ1n) is 12.0. The molecule has 2 aromatic rings. The van der Waals surface area contributed by atoms with Gasteiger partial charge in [0.1, 0.15) is 5.82 Å². The summed E-state index contributed by atoms with van der Waals surface area (Å²) in [6.45, 7) is 2.25. The molecule has 0 aliphatic heterocycles. The molecule has 0 bridgehead atoms. The van der Waals surface area contributed by atoms with Crippen LogP contribution < -0.4 is 0 Å². The Kier molecular flexibility index (Phi) is 7.10. The number of carbonyl (C=O) groups is 1. The summed E-state index contributed by atoms with van der Waals surface area (Å²) in [5.74, 6) is -4.84. The van der Waals surface area contributed by atoms with E-state index in [9.17, 15) is 23.1 Å². The maximum absolute atomic E-state index is 15.3. The second kappa shape index (κ2) is 9.86. The summed E-state index contributed by atoms with van der Waals surface area (Å²) >= 11 is 0. The molecule has 33 heavy (non-hydrogen) atoms. The molecule has 0 spiro atoms. The first-order chi connectivity index (χ1) is 15.8. The highest BCUT2D eigenvalue weighted by Gasteiger charge is 2.33. The molecule has 2 saturated carbocycles. The van der Waals surface area contributed by atoms with Gasteiger partial charge in [0.25, 0.3) is 0 Å². The maximum Gasteiger partial charge on any atom is 0.338 e. The van der Waals surface area contributed by atoms with E-state index in [4.69, 9.17) is 0 Å². The molecule has 2 aliphatic rings. The average molecular weight is 463 g/mol. The van der Waals surface area contributed by atoms with Crippen molar-refractivity contribution in [1.82, 2.24) is 0 Å². The largest absolute Gasteiger partial charge is 0.478 e. The van der Waals surface area contributed by atoms with Crippen LogP contribution in [0.1, 0.15) is 86.6 Å². The fourth-order valence-electron chi connectivity index (χ4n) is 6.06. The van der Waals surface area contributed by atoms with Gasteiger partial charge in [0.15, 0.2) is 17.5 Å². The van der Waals surface area contributed by atoms with Gasteiger partial charge in [-0.3, -0.25) is 0 Å². The van der Waals surface area contributed by atoms with Crippen molar-refractivity contribution in [1.29, 1.82) is 0 Å². The van der Waals surface area contributed by atoms with Gasteiger partial charge in [0.05, 0.1) is 5.56 Å². The molecule has 2 fully saturated rings. The van der Waals surface area contributed by atoms with E-state index < -0.39 is 34.8 Å². The summed E-state index contributed by atoms with van der Waals surface area (Å²) in [4.78, 5) is 11.5. The Morgan fingerprint density at radius 2 is 1.39 bits per heavy atom. The first-order valence-corrected chi connectivity index (χ1v) is 12.0. The Bertz CT molecular complexity index is 996. The molecule has 0 radical (unpaired) electrons. The van der Waals surface area contributed by atoms with Gasteiger partial charge in [-0.05, 0) is 91.5 Å². The van der Waals surface area contributed by atoms with Crippen molar-refractivity contribution in [2.24, 2.45) is 17.8 Å². The van der Waals surface area contributed by atoms with E-state index in [0.717, 1.165) is 49.7 Å². The number of carboxylic acid groups (broad SMARTS) is 1. The van der Waals surface area contributed by atoms with Crippen LogP contribution in [0.25, 0.3) is 11.1 Å². The molecule has 2 nitrogen and oxygen atoms in total. The maximum atomic E-state index is 15.3. The molecular weight excluding hydrogens is 432 g/mol. The lowest BCUT2D eigenvalue weighted by Crippen LogP contribution is -2.25. The zero-order valence-electron chi connectivity index (χ0n) is 18.9. The van der Waals surface area contributed by atoms with E-state index in [1.54, 1.807) is 6.07 Å². The highest BCUT2D eigenvalue weighted by atomic mass is 19.2. The monoisotopic (exact) mass is 462 g/mol. The van der Waals surface area contributed by atoms with Gasteiger partial charge in [0, 0.05) is 5.56 Å². The van der Waals surface area contributed by atoms with Gasteiger partial charge >= 0.3 is 5.97 Å². The van der Waals surface area contributed by atoms with E-state index in [0.29, 0.717) is 11.5 Å². The van der Waals surface area contributed by atoms with Crippen LogP contribution in [0.15, 0.2) is 24.3 Å². The van der Waals surface area contributed by atoms with E-state index in [2.05, 4.69) is 6.92 Å². The molecule has 0 aromatic heterocycles. The number of benzene rings is 2. The molecule has 0 saturated heterocycles. The van der Waals surface area contributed by atoms with Crippen LogP contribution in [0, 0.1) is 41.0 Å². The van der Waals surface area contributed by atoms with E-state index in [1.165, 1.54) is 38.2 Å². The van der Waals surface area contributed by atoms with Crippen LogP contribution in [0.2, 0.25) is 0 Å². The Hall–Kier alpha value is -2.37. The lowest BCUT2D eigenvalue weighted by Gasteiger charge is -2.38. The Balaban J connectivity index is 1.61. The van der Waals surface area contributed by atoms with Crippen LogP contribution in [0.3, 0.4) is 0 Å². The highest BCUT2D eigenvalue weighted by Crippen LogP contribution is 2.46. The standard InChI is InChI=1S/C27H30F4O2/c1-2-15-3-5-16(6-4-15)17-7-9-18(10-8-17)20-11-12-21(27(32)33)25(30)24(20)19-13-22(28)26(31)23(29)14-19/h11-18H,2-10H2,1H3,(H,32,33).